The Labute approximate surface area is 73.9 Å². The summed E-state index contributed by atoms with van der Waals surface area (Å²) in [6.45, 7) is 7.84. The van der Waals surface area contributed by atoms with Crippen molar-refractivity contribution in [2.75, 3.05) is 0 Å². The molecule has 0 bridgehead atoms. The fourth-order valence-electron chi connectivity index (χ4n) is 1.38. The van der Waals surface area contributed by atoms with E-state index in [1.165, 1.54) is 16.7 Å². The molecule has 0 aromatic heterocycles. The lowest BCUT2D eigenvalue weighted by Gasteiger charge is -2.11. The van der Waals surface area contributed by atoms with Gasteiger partial charge in [0, 0.05) is 6.04 Å². The molecule has 0 spiro atoms. The molecule has 64 valence electrons. The van der Waals surface area contributed by atoms with Gasteiger partial charge in [0.15, 0.2) is 0 Å². The average molecular weight is 161 g/mol. The Morgan fingerprint density at radius 1 is 1.50 bits per heavy atom. The van der Waals surface area contributed by atoms with Gasteiger partial charge in [-0.25, -0.2) is 0 Å². The molecule has 0 saturated heterocycles. The zero-order valence-corrected chi connectivity index (χ0v) is 7.67. The summed E-state index contributed by atoms with van der Waals surface area (Å²) in [7, 11) is 0. The number of aryl methyl sites for hydroxylation is 1. The standard InChI is InChI=1S/C11H15N/c1-4-10-8(2)6-5-7-11(10)9(3)12/h4-7,9H,1,12H2,2-3H3/t9-/m1/s1. The quantitative estimate of drug-likeness (QED) is 0.709. The molecule has 0 heterocycles. The smallest absolute Gasteiger partial charge is 0.0272 e. The average Bonchev–Trinajstić information content (AvgIpc) is 2.03. The summed E-state index contributed by atoms with van der Waals surface area (Å²) in [4.78, 5) is 0. The lowest BCUT2D eigenvalue weighted by Crippen LogP contribution is -2.07. The molecule has 0 aliphatic heterocycles. The van der Waals surface area contributed by atoms with Gasteiger partial charge in [-0.3, -0.25) is 0 Å². The van der Waals surface area contributed by atoms with Crippen LogP contribution >= 0.6 is 0 Å². The number of hydrogen-bond donors (Lipinski definition) is 1. The van der Waals surface area contributed by atoms with Crippen molar-refractivity contribution in [2.45, 2.75) is 19.9 Å². The van der Waals surface area contributed by atoms with Crippen molar-refractivity contribution in [3.8, 4) is 0 Å². The lowest BCUT2D eigenvalue weighted by atomic mass is 9.98. The third-order valence-electron chi connectivity index (χ3n) is 2.05. The first-order valence-corrected chi connectivity index (χ1v) is 4.14. The van der Waals surface area contributed by atoms with E-state index in [9.17, 15) is 0 Å². The van der Waals surface area contributed by atoms with Crippen LogP contribution in [0.15, 0.2) is 24.8 Å². The zero-order chi connectivity index (χ0) is 9.14. The Morgan fingerprint density at radius 2 is 2.17 bits per heavy atom. The molecule has 0 radical (unpaired) electrons. The Bertz CT molecular complexity index is 287. The van der Waals surface area contributed by atoms with Gasteiger partial charge in [0.05, 0.1) is 0 Å². The highest BCUT2D eigenvalue weighted by Gasteiger charge is 2.04. The number of rotatable bonds is 2. The summed E-state index contributed by atoms with van der Waals surface area (Å²) < 4.78 is 0. The molecule has 0 aliphatic carbocycles. The van der Waals surface area contributed by atoms with Gasteiger partial charge in [0.1, 0.15) is 0 Å². The molecule has 2 N–H and O–H groups in total. The zero-order valence-electron chi connectivity index (χ0n) is 7.67. The summed E-state index contributed by atoms with van der Waals surface area (Å²) in [5.41, 5.74) is 9.39. The first kappa shape index (κ1) is 9.01. The van der Waals surface area contributed by atoms with Crippen LogP contribution in [0.3, 0.4) is 0 Å². The third kappa shape index (κ3) is 1.56. The van der Waals surface area contributed by atoms with Crippen LogP contribution < -0.4 is 5.73 Å². The predicted molar refractivity (Wildman–Crippen MR) is 53.9 cm³/mol. The second kappa shape index (κ2) is 3.55. The van der Waals surface area contributed by atoms with Crippen LogP contribution in [0.5, 0.6) is 0 Å². The largest absolute Gasteiger partial charge is 0.324 e. The van der Waals surface area contributed by atoms with Crippen LogP contribution in [0.1, 0.15) is 29.7 Å². The highest BCUT2D eigenvalue weighted by atomic mass is 14.6. The summed E-state index contributed by atoms with van der Waals surface area (Å²) in [5, 5.41) is 0. The van der Waals surface area contributed by atoms with E-state index in [0.29, 0.717) is 0 Å². The van der Waals surface area contributed by atoms with E-state index in [4.69, 9.17) is 5.73 Å². The van der Waals surface area contributed by atoms with Gasteiger partial charge in [0.25, 0.3) is 0 Å². The molecule has 1 aromatic carbocycles. The monoisotopic (exact) mass is 161 g/mol. The number of hydrogen-bond acceptors (Lipinski definition) is 1. The highest BCUT2D eigenvalue weighted by Crippen LogP contribution is 2.20. The molecule has 1 heteroatoms. The molecular formula is C11H15N. The Hall–Kier alpha value is -1.08. The minimum absolute atomic E-state index is 0.0814. The Morgan fingerprint density at radius 3 is 2.58 bits per heavy atom. The molecule has 1 atom stereocenters. The summed E-state index contributed by atoms with van der Waals surface area (Å²) in [5.74, 6) is 0. The van der Waals surface area contributed by atoms with E-state index in [1.54, 1.807) is 0 Å². The summed E-state index contributed by atoms with van der Waals surface area (Å²) >= 11 is 0. The van der Waals surface area contributed by atoms with E-state index in [2.05, 4.69) is 25.6 Å². The molecule has 0 amide bonds. The van der Waals surface area contributed by atoms with Crippen LogP contribution in [0, 0.1) is 6.92 Å². The van der Waals surface area contributed by atoms with Crippen molar-refractivity contribution in [3.63, 3.8) is 0 Å². The number of nitrogens with two attached hydrogens (primary N) is 1. The van der Waals surface area contributed by atoms with E-state index < -0.39 is 0 Å². The maximum atomic E-state index is 5.81. The predicted octanol–water partition coefficient (Wildman–Crippen LogP) is 2.66. The van der Waals surface area contributed by atoms with Crippen molar-refractivity contribution >= 4 is 6.08 Å². The minimum Gasteiger partial charge on any atom is -0.324 e. The fraction of sp³-hybridized carbons (Fsp3) is 0.273. The van der Waals surface area contributed by atoms with E-state index in [-0.39, 0.29) is 6.04 Å². The maximum absolute atomic E-state index is 5.81. The van der Waals surface area contributed by atoms with Crippen LogP contribution in [-0.4, -0.2) is 0 Å². The van der Waals surface area contributed by atoms with E-state index in [1.807, 2.05) is 19.1 Å². The van der Waals surface area contributed by atoms with Crippen LogP contribution in [0.4, 0.5) is 0 Å². The van der Waals surface area contributed by atoms with Gasteiger partial charge in [-0.1, -0.05) is 30.9 Å². The van der Waals surface area contributed by atoms with Gasteiger partial charge in [-0.15, -0.1) is 0 Å². The van der Waals surface area contributed by atoms with Gasteiger partial charge in [-0.2, -0.15) is 0 Å². The van der Waals surface area contributed by atoms with Gasteiger partial charge in [-0.05, 0) is 30.5 Å². The van der Waals surface area contributed by atoms with Crippen molar-refractivity contribution in [3.05, 3.63) is 41.5 Å². The molecular weight excluding hydrogens is 146 g/mol. The minimum atomic E-state index is 0.0814. The van der Waals surface area contributed by atoms with Crippen molar-refractivity contribution in [1.29, 1.82) is 0 Å². The van der Waals surface area contributed by atoms with Crippen LogP contribution in [0.25, 0.3) is 6.08 Å². The normalized spacial score (nSPS) is 12.6. The van der Waals surface area contributed by atoms with E-state index >= 15 is 0 Å². The van der Waals surface area contributed by atoms with Gasteiger partial charge >= 0.3 is 0 Å². The van der Waals surface area contributed by atoms with Crippen molar-refractivity contribution < 1.29 is 0 Å². The topological polar surface area (TPSA) is 26.0 Å². The Kier molecular flexibility index (Phi) is 2.66. The fourth-order valence-corrected chi connectivity index (χ4v) is 1.38. The molecule has 1 aromatic rings. The molecule has 0 unspecified atom stereocenters. The van der Waals surface area contributed by atoms with Crippen LogP contribution in [-0.2, 0) is 0 Å². The van der Waals surface area contributed by atoms with Crippen LogP contribution in [0.2, 0.25) is 0 Å². The number of benzene rings is 1. The first-order valence-electron chi connectivity index (χ1n) is 4.14. The molecule has 0 saturated carbocycles. The van der Waals surface area contributed by atoms with Crippen molar-refractivity contribution in [1.82, 2.24) is 0 Å². The second-order valence-corrected chi connectivity index (χ2v) is 3.07. The highest BCUT2D eigenvalue weighted by molar-refractivity contribution is 5.56. The van der Waals surface area contributed by atoms with Gasteiger partial charge < -0.3 is 5.73 Å². The Balaban J connectivity index is 3.27. The third-order valence-corrected chi connectivity index (χ3v) is 2.05. The molecule has 0 aliphatic rings. The summed E-state index contributed by atoms with van der Waals surface area (Å²) in [6, 6.07) is 6.23. The first-order chi connectivity index (χ1) is 5.66. The lowest BCUT2D eigenvalue weighted by molar-refractivity contribution is 0.814. The van der Waals surface area contributed by atoms with Crippen molar-refractivity contribution in [2.24, 2.45) is 5.73 Å². The summed E-state index contributed by atoms with van der Waals surface area (Å²) in [6.07, 6.45) is 1.87. The molecule has 0 fully saturated rings. The maximum Gasteiger partial charge on any atom is 0.0272 e. The SMILES string of the molecule is C=Cc1c(C)cccc1[C@@H](C)N. The molecule has 1 nitrogen and oxygen atoms in total. The molecule has 12 heavy (non-hydrogen) atoms. The molecule has 1 rings (SSSR count). The van der Waals surface area contributed by atoms with Gasteiger partial charge in [0.2, 0.25) is 0 Å². The second-order valence-electron chi connectivity index (χ2n) is 3.07. The van der Waals surface area contributed by atoms with E-state index in [0.717, 1.165) is 0 Å².